The van der Waals surface area contributed by atoms with Gasteiger partial charge in [-0.1, -0.05) is 23.2 Å². The molecule has 1 fully saturated rings. The Hall–Kier alpha value is -1.95. The molecule has 2 aromatic rings. The van der Waals surface area contributed by atoms with Crippen molar-refractivity contribution >= 4 is 40.5 Å². The fourth-order valence-electron chi connectivity index (χ4n) is 3.51. The number of hydrogen-bond donors (Lipinski definition) is 1. The second-order valence-corrected chi connectivity index (χ2v) is 7.88. The van der Waals surface area contributed by atoms with Gasteiger partial charge in [-0.2, -0.15) is 0 Å². The molecule has 2 aromatic carbocycles. The number of ether oxygens (including phenoxy) is 1. The van der Waals surface area contributed by atoms with Crippen molar-refractivity contribution in [3.8, 4) is 5.75 Å². The molecule has 0 aromatic heterocycles. The van der Waals surface area contributed by atoms with Crippen LogP contribution in [0.1, 0.15) is 5.56 Å². The highest BCUT2D eigenvalue weighted by Crippen LogP contribution is 2.33. The Morgan fingerprint density at radius 2 is 1.78 bits per heavy atom. The summed E-state index contributed by atoms with van der Waals surface area (Å²) in [6.07, 6.45) is -0.0654. The van der Waals surface area contributed by atoms with E-state index in [0.717, 1.165) is 43.1 Å². The molecule has 0 bridgehead atoms. The second-order valence-electron chi connectivity index (χ2n) is 7.00. The summed E-state index contributed by atoms with van der Waals surface area (Å²) in [5.41, 5.74) is 2.65. The van der Waals surface area contributed by atoms with Gasteiger partial charge in [0.25, 0.3) is 5.91 Å². The van der Waals surface area contributed by atoms with E-state index in [4.69, 9.17) is 27.9 Å². The van der Waals surface area contributed by atoms with Gasteiger partial charge in [0.2, 0.25) is 0 Å². The highest BCUT2D eigenvalue weighted by Gasteiger charge is 2.30. The van der Waals surface area contributed by atoms with Crippen LogP contribution >= 0.6 is 23.2 Å². The summed E-state index contributed by atoms with van der Waals surface area (Å²) in [4.78, 5) is 17.4. The number of piperazine rings is 1. The third-order valence-corrected chi connectivity index (χ3v) is 5.52. The molecule has 0 radical (unpaired) electrons. The zero-order valence-electron chi connectivity index (χ0n) is 15.0. The van der Waals surface area contributed by atoms with Gasteiger partial charge < -0.3 is 19.9 Å². The van der Waals surface area contributed by atoms with E-state index in [9.17, 15) is 4.79 Å². The molecule has 2 heterocycles. The maximum atomic E-state index is 12.8. The fourth-order valence-corrected chi connectivity index (χ4v) is 3.87. The van der Waals surface area contributed by atoms with Gasteiger partial charge in [0, 0.05) is 42.6 Å². The lowest BCUT2D eigenvalue weighted by Crippen LogP contribution is -2.45. The molecule has 5 nitrogen and oxygen atoms in total. The van der Waals surface area contributed by atoms with Crippen LogP contribution in [0.2, 0.25) is 10.0 Å². The number of nitrogens with one attached hydrogen (secondary N) is 1. The molecular formula is C20H21Cl2N3O2. The van der Waals surface area contributed by atoms with E-state index in [1.165, 1.54) is 0 Å². The van der Waals surface area contributed by atoms with Gasteiger partial charge in [-0.05, 0) is 49.0 Å². The van der Waals surface area contributed by atoms with E-state index < -0.39 is 6.10 Å². The van der Waals surface area contributed by atoms with E-state index in [1.807, 2.05) is 18.2 Å². The Morgan fingerprint density at radius 1 is 1.07 bits per heavy atom. The van der Waals surface area contributed by atoms with Crippen molar-refractivity contribution in [2.24, 2.45) is 0 Å². The van der Waals surface area contributed by atoms with Gasteiger partial charge in [0.1, 0.15) is 5.75 Å². The van der Waals surface area contributed by atoms with E-state index in [2.05, 4.69) is 22.2 Å². The monoisotopic (exact) mass is 405 g/mol. The number of hydrogen-bond acceptors (Lipinski definition) is 4. The number of nitrogens with zero attached hydrogens (tertiary/aromatic N) is 2. The molecule has 0 saturated carbocycles. The van der Waals surface area contributed by atoms with E-state index in [-0.39, 0.29) is 5.91 Å². The summed E-state index contributed by atoms with van der Waals surface area (Å²) in [6, 6.07) is 11.0. The number of rotatable bonds is 3. The number of carbonyl (C=O) groups is 1. The third kappa shape index (κ3) is 4.00. The summed E-state index contributed by atoms with van der Waals surface area (Å²) < 4.78 is 5.80. The standard InChI is InChI=1S/C20H21Cl2N3O2/c1-24-6-8-25(9-7-24)17-4-2-15(22)12-16(17)23-20(26)19-11-13-10-14(21)3-5-18(13)27-19/h2-5,10,12,19H,6-9,11H2,1H3,(H,23,26). The minimum Gasteiger partial charge on any atom is -0.480 e. The first-order chi connectivity index (χ1) is 13.0. The number of amides is 1. The number of halogens is 2. The summed E-state index contributed by atoms with van der Waals surface area (Å²) in [5.74, 6) is 0.532. The maximum absolute atomic E-state index is 12.8. The van der Waals surface area contributed by atoms with Gasteiger partial charge in [-0.3, -0.25) is 4.79 Å². The summed E-state index contributed by atoms with van der Waals surface area (Å²) in [5, 5.41) is 4.25. The fraction of sp³-hybridized carbons (Fsp3) is 0.350. The van der Waals surface area contributed by atoms with Crippen LogP contribution in [0, 0.1) is 0 Å². The molecule has 7 heteroatoms. The van der Waals surface area contributed by atoms with Crippen LogP contribution in [-0.2, 0) is 11.2 Å². The first-order valence-electron chi connectivity index (χ1n) is 8.98. The Labute approximate surface area is 168 Å². The Kier molecular flexibility index (Phi) is 5.17. The highest BCUT2D eigenvalue weighted by atomic mass is 35.5. The molecule has 1 unspecified atom stereocenters. The molecule has 1 saturated heterocycles. The van der Waals surface area contributed by atoms with E-state index in [1.54, 1.807) is 18.2 Å². The zero-order valence-corrected chi connectivity index (χ0v) is 16.6. The lowest BCUT2D eigenvalue weighted by molar-refractivity contribution is -0.122. The van der Waals surface area contributed by atoms with Gasteiger partial charge >= 0.3 is 0 Å². The highest BCUT2D eigenvalue weighted by molar-refractivity contribution is 6.31. The van der Waals surface area contributed by atoms with Crippen molar-refractivity contribution in [1.82, 2.24) is 4.90 Å². The summed E-state index contributed by atoms with van der Waals surface area (Å²) in [7, 11) is 2.11. The molecule has 2 aliphatic heterocycles. The third-order valence-electron chi connectivity index (χ3n) is 5.05. The minimum atomic E-state index is -0.571. The van der Waals surface area contributed by atoms with Crippen LogP contribution in [0.15, 0.2) is 36.4 Å². The van der Waals surface area contributed by atoms with Crippen LogP contribution in [-0.4, -0.2) is 50.1 Å². The average molecular weight is 406 g/mol. The largest absolute Gasteiger partial charge is 0.480 e. The van der Waals surface area contributed by atoms with Crippen molar-refractivity contribution in [1.29, 1.82) is 0 Å². The quantitative estimate of drug-likeness (QED) is 0.845. The average Bonchev–Trinajstić information content (AvgIpc) is 3.06. The zero-order chi connectivity index (χ0) is 19.0. The number of carbonyl (C=O) groups excluding carboxylic acids is 1. The van der Waals surface area contributed by atoms with Crippen LogP contribution in [0.3, 0.4) is 0 Å². The molecule has 0 spiro atoms. The van der Waals surface area contributed by atoms with Gasteiger partial charge in [0.05, 0.1) is 11.4 Å². The molecule has 1 amide bonds. The van der Waals surface area contributed by atoms with Gasteiger partial charge in [-0.15, -0.1) is 0 Å². The van der Waals surface area contributed by atoms with Gasteiger partial charge in [0.15, 0.2) is 6.10 Å². The SMILES string of the molecule is CN1CCN(c2ccc(Cl)cc2NC(=O)C2Cc3cc(Cl)ccc3O2)CC1. The molecule has 1 atom stereocenters. The molecular weight excluding hydrogens is 385 g/mol. The minimum absolute atomic E-state index is 0.181. The first-order valence-corrected chi connectivity index (χ1v) is 9.74. The Bertz CT molecular complexity index is 866. The summed E-state index contributed by atoms with van der Waals surface area (Å²) >= 11 is 12.2. The summed E-state index contributed by atoms with van der Waals surface area (Å²) in [6.45, 7) is 3.78. The van der Waals surface area contributed by atoms with E-state index in [0.29, 0.717) is 22.2 Å². The van der Waals surface area contributed by atoms with Crippen LogP contribution < -0.4 is 15.0 Å². The van der Waals surface area contributed by atoms with Crippen molar-refractivity contribution in [3.05, 3.63) is 52.0 Å². The maximum Gasteiger partial charge on any atom is 0.265 e. The predicted molar refractivity (Wildman–Crippen MR) is 109 cm³/mol. The molecule has 142 valence electrons. The lowest BCUT2D eigenvalue weighted by Gasteiger charge is -2.35. The second kappa shape index (κ2) is 7.58. The lowest BCUT2D eigenvalue weighted by atomic mass is 10.1. The van der Waals surface area contributed by atoms with E-state index >= 15 is 0 Å². The normalized spacial score (nSPS) is 19.5. The topological polar surface area (TPSA) is 44.8 Å². The Balaban J connectivity index is 1.51. The number of fused-ring (bicyclic) bond motifs is 1. The number of likely N-dealkylation sites (N-methyl/N-ethyl adjacent to an activating group) is 1. The Morgan fingerprint density at radius 3 is 2.56 bits per heavy atom. The van der Waals surface area contributed by atoms with Crippen molar-refractivity contribution < 1.29 is 9.53 Å². The molecule has 1 N–H and O–H groups in total. The van der Waals surface area contributed by atoms with Crippen LogP contribution in [0.5, 0.6) is 5.75 Å². The van der Waals surface area contributed by atoms with Crippen LogP contribution in [0.25, 0.3) is 0 Å². The molecule has 27 heavy (non-hydrogen) atoms. The van der Waals surface area contributed by atoms with Crippen LogP contribution in [0.4, 0.5) is 11.4 Å². The number of anilines is 2. The first kappa shape index (κ1) is 18.4. The predicted octanol–water partition coefficient (Wildman–Crippen LogP) is 3.69. The van der Waals surface area contributed by atoms with Crippen molar-refractivity contribution in [2.45, 2.75) is 12.5 Å². The van der Waals surface area contributed by atoms with Crippen molar-refractivity contribution in [3.63, 3.8) is 0 Å². The molecule has 2 aliphatic rings. The van der Waals surface area contributed by atoms with Crippen molar-refractivity contribution in [2.75, 3.05) is 43.4 Å². The molecule has 4 rings (SSSR count). The smallest absolute Gasteiger partial charge is 0.265 e. The molecule has 0 aliphatic carbocycles. The number of benzene rings is 2. The van der Waals surface area contributed by atoms with Gasteiger partial charge in [-0.25, -0.2) is 0 Å².